The number of rotatable bonds is 2. The molecule has 0 radical (unpaired) electrons. The van der Waals surface area contributed by atoms with Gasteiger partial charge in [0.1, 0.15) is 0 Å². The Morgan fingerprint density at radius 3 is 2.56 bits per heavy atom. The largest absolute Gasteiger partial charge is 0.314 e. The van der Waals surface area contributed by atoms with Crippen LogP contribution < -0.4 is 5.32 Å². The standard InChI is InChI=1S/C12H12N2OS/c1-8-7-11(16-9(8)2)14-12(15)10-3-5-13-6-4-10/h3-7H,1-2H3,(H,14,15). The normalized spacial score (nSPS) is 10.1. The van der Waals surface area contributed by atoms with Crippen LogP contribution in [0, 0.1) is 13.8 Å². The Morgan fingerprint density at radius 2 is 2.00 bits per heavy atom. The molecule has 0 unspecified atom stereocenters. The summed E-state index contributed by atoms with van der Waals surface area (Å²) < 4.78 is 0. The Hall–Kier alpha value is -1.68. The van der Waals surface area contributed by atoms with Gasteiger partial charge in [-0.05, 0) is 37.6 Å². The molecule has 1 amide bonds. The minimum Gasteiger partial charge on any atom is -0.314 e. The van der Waals surface area contributed by atoms with E-state index in [1.54, 1.807) is 35.9 Å². The second-order valence-corrected chi connectivity index (χ2v) is 4.80. The molecule has 0 bridgehead atoms. The average Bonchev–Trinajstić information content (AvgIpc) is 2.59. The van der Waals surface area contributed by atoms with E-state index in [-0.39, 0.29) is 5.91 Å². The maximum absolute atomic E-state index is 11.8. The lowest BCUT2D eigenvalue weighted by atomic mass is 10.2. The van der Waals surface area contributed by atoms with Crippen LogP contribution in [0.3, 0.4) is 0 Å². The fourth-order valence-corrected chi connectivity index (χ4v) is 2.25. The molecule has 0 aliphatic carbocycles. The zero-order valence-electron chi connectivity index (χ0n) is 9.15. The highest BCUT2D eigenvalue weighted by atomic mass is 32.1. The molecule has 2 rings (SSSR count). The lowest BCUT2D eigenvalue weighted by molar-refractivity contribution is 0.102. The highest BCUT2D eigenvalue weighted by molar-refractivity contribution is 7.16. The number of amides is 1. The van der Waals surface area contributed by atoms with Gasteiger partial charge >= 0.3 is 0 Å². The van der Waals surface area contributed by atoms with Crippen molar-refractivity contribution in [1.29, 1.82) is 0 Å². The van der Waals surface area contributed by atoms with E-state index in [1.165, 1.54) is 10.4 Å². The number of carbonyl (C=O) groups excluding carboxylic acids is 1. The zero-order valence-corrected chi connectivity index (χ0v) is 9.97. The number of aromatic nitrogens is 1. The Labute approximate surface area is 98.2 Å². The van der Waals surface area contributed by atoms with E-state index >= 15 is 0 Å². The van der Waals surface area contributed by atoms with Gasteiger partial charge in [0.15, 0.2) is 0 Å². The van der Waals surface area contributed by atoms with Crippen LogP contribution in [0.5, 0.6) is 0 Å². The van der Waals surface area contributed by atoms with Gasteiger partial charge < -0.3 is 5.32 Å². The molecule has 1 N–H and O–H groups in total. The van der Waals surface area contributed by atoms with Gasteiger partial charge in [0, 0.05) is 22.8 Å². The number of hydrogen-bond acceptors (Lipinski definition) is 3. The van der Waals surface area contributed by atoms with Gasteiger partial charge in [-0.2, -0.15) is 0 Å². The smallest absolute Gasteiger partial charge is 0.256 e. The summed E-state index contributed by atoms with van der Waals surface area (Å²) in [5, 5.41) is 3.76. The van der Waals surface area contributed by atoms with Gasteiger partial charge in [0.05, 0.1) is 5.00 Å². The van der Waals surface area contributed by atoms with E-state index in [4.69, 9.17) is 0 Å². The van der Waals surface area contributed by atoms with Crippen LogP contribution in [0.15, 0.2) is 30.6 Å². The number of carbonyl (C=O) groups is 1. The molecule has 0 aliphatic heterocycles. The molecule has 2 aromatic rings. The molecule has 0 atom stereocenters. The minimum absolute atomic E-state index is 0.0938. The van der Waals surface area contributed by atoms with Gasteiger partial charge in [-0.25, -0.2) is 0 Å². The van der Waals surface area contributed by atoms with Crippen LogP contribution >= 0.6 is 11.3 Å². The molecule has 82 valence electrons. The molecule has 0 aromatic carbocycles. The van der Waals surface area contributed by atoms with Crippen molar-refractivity contribution in [3.63, 3.8) is 0 Å². The lowest BCUT2D eigenvalue weighted by Crippen LogP contribution is -2.10. The van der Waals surface area contributed by atoms with E-state index in [0.29, 0.717) is 5.56 Å². The molecule has 0 saturated heterocycles. The summed E-state index contributed by atoms with van der Waals surface area (Å²) in [6, 6.07) is 5.38. The van der Waals surface area contributed by atoms with E-state index in [0.717, 1.165) is 5.00 Å². The topological polar surface area (TPSA) is 42.0 Å². The Kier molecular flexibility index (Phi) is 3.01. The first-order valence-corrected chi connectivity index (χ1v) is 5.77. The Balaban J connectivity index is 2.14. The van der Waals surface area contributed by atoms with Gasteiger partial charge in [0.25, 0.3) is 5.91 Å². The first-order chi connectivity index (χ1) is 7.66. The predicted molar refractivity (Wildman–Crippen MR) is 66.0 cm³/mol. The van der Waals surface area contributed by atoms with Crippen LogP contribution in [0.2, 0.25) is 0 Å². The van der Waals surface area contributed by atoms with Gasteiger partial charge in [-0.1, -0.05) is 0 Å². The fraction of sp³-hybridized carbons (Fsp3) is 0.167. The van der Waals surface area contributed by atoms with Gasteiger partial charge in [-0.15, -0.1) is 11.3 Å². The van der Waals surface area contributed by atoms with Crippen molar-refractivity contribution < 1.29 is 4.79 Å². The van der Waals surface area contributed by atoms with Crippen molar-refractivity contribution in [2.24, 2.45) is 0 Å². The van der Waals surface area contributed by atoms with Crippen molar-refractivity contribution in [2.45, 2.75) is 13.8 Å². The number of pyridine rings is 1. The molecule has 4 heteroatoms. The molecule has 0 fully saturated rings. The monoisotopic (exact) mass is 232 g/mol. The summed E-state index contributed by atoms with van der Waals surface area (Å²) in [6.45, 7) is 4.08. The molecular formula is C12H12N2OS. The third-order valence-electron chi connectivity index (χ3n) is 2.35. The van der Waals surface area contributed by atoms with Crippen molar-refractivity contribution >= 4 is 22.2 Å². The summed E-state index contributed by atoms with van der Waals surface area (Å²) in [6.07, 6.45) is 3.22. The molecule has 16 heavy (non-hydrogen) atoms. The van der Waals surface area contributed by atoms with E-state index in [2.05, 4.69) is 10.3 Å². The third kappa shape index (κ3) is 2.28. The van der Waals surface area contributed by atoms with Crippen molar-refractivity contribution in [3.8, 4) is 0 Å². The predicted octanol–water partition coefficient (Wildman–Crippen LogP) is 3.01. The summed E-state index contributed by atoms with van der Waals surface area (Å²) in [7, 11) is 0. The van der Waals surface area contributed by atoms with Gasteiger partial charge in [-0.3, -0.25) is 9.78 Å². The SMILES string of the molecule is Cc1cc(NC(=O)c2ccncc2)sc1C. The molecule has 2 heterocycles. The molecule has 2 aromatic heterocycles. The number of aryl methyl sites for hydroxylation is 2. The molecule has 3 nitrogen and oxygen atoms in total. The summed E-state index contributed by atoms with van der Waals surface area (Å²) in [4.78, 5) is 16.9. The molecule has 0 spiro atoms. The van der Waals surface area contributed by atoms with Crippen LogP contribution in [0.4, 0.5) is 5.00 Å². The van der Waals surface area contributed by atoms with Crippen molar-refractivity contribution in [1.82, 2.24) is 4.98 Å². The number of anilines is 1. The summed E-state index contributed by atoms with van der Waals surface area (Å²) in [5.41, 5.74) is 1.83. The number of nitrogens with zero attached hydrogens (tertiary/aromatic N) is 1. The first kappa shape index (κ1) is 10.8. The second-order valence-electron chi connectivity index (χ2n) is 3.54. The Morgan fingerprint density at radius 1 is 1.31 bits per heavy atom. The van der Waals surface area contributed by atoms with E-state index < -0.39 is 0 Å². The number of hydrogen-bond donors (Lipinski definition) is 1. The number of thiophene rings is 1. The lowest BCUT2D eigenvalue weighted by Gasteiger charge is -2.01. The quantitative estimate of drug-likeness (QED) is 0.864. The van der Waals surface area contributed by atoms with Gasteiger partial charge in [0.2, 0.25) is 0 Å². The zero-order chi connectivity index (χ0) is 11.5. The second kappa shape index (κ2) is 4.45. The van der Waals surface area contributed by atoms with E-state index in [9.17, 15) is 4.79 Å². The fourth-order valence-electron chi connectivity index (χ4n) is 1.32. The highest BCUT2D eigenvalue weighted by Crippen LogP contribution is 2.25. The first-order valence-electron chi connectivity index (χ1n) is 4.95. The maximum Gasteiger partial charge on any atom is 0.256 e. The van der Waals surface area contributed by atoms with Crippen LogP contribution in [0.25, 0.3) is 0 Å². The highest BCUT2D eigenvalue weighted by Gasteiger charge is 2.07. The molecular weight excluding hydrogens is 220 g/mol. The molecule has 0 saturated carbocycles. The van der Waals surface area contributed by atoms with E-state index in [1.807, 2.05) is 19.9 Å². The van der Waals surface area contributed by atoms with Crippen LogP contribution in [-0.2, 0) is 0 Å². The van der Waals surface area contributed by atoms with Crippen molar-refractivity contribution in [2.75, 3.05) is 5.32 Å². The van der Waals surface area contributed by atoms with Crippen LogP contribution in [-0.4, -0.2) is 10.9 Å². The van der Waals surface area contributed by atoms with Crippen molar-refractivity contribution in [3.05, 3.63) is 46.6 Å². The molecule has 0 aliphatic rings. The average molecular weight is 232 g/mol. The maximum atomic E-state index is 11.8. The summed E-state index contributed by atoms with van der Waals surface area (Å²) >= 11 is 1.59. The number of nitrogens with one attached hydrogen (secondary N) is 1. The van der Waals surface area contributed by atoms with Crippen LogP contribution in [0.1, 0.15) is 20.8 Å². The Bertz CT molecular complexity index is 485. The third-order valence-corrected chi connectivity index (χ3v) is 3.41. The minimum atomic E-state index is -0.0938. The summed E-state index contributed by atoms with van der Waals surface area (Å²) in [5.74, 6) is -0.0938.